The lowest BCUT2D eigenvalue weighted by molar-refractivity contribution is 0.219. The largest absolute Gasteiger partial charge is 0.497 e. The number of furan rings is 1. The fourth-order valence-electron chi connectivity index (χ4n) is 2.59. The smallest absolute Gasteiger partial charge is 0.154 e. The molecule has 4 rings (SSSR count). The monoisotopic (exact) mass is 337 g/mol. The Bertz CT molecular complexity index is 956. The minimum atomic E-state index is -0.789. The molecule has 0 saturated heterocycles. The minimum absolute atomic E-state index is 0.624. The molecule has 5 heteroatoms. The number of thiazole rings is 1. The van der Waals surface area contributed by atoms with E-state index in [-0.39, 0.29) is 0 Å². The van der Waals surface area contributed by atoms with E-state index in [4.69, 9.17) is 9.15 Å². The summed E-state index contributed by atoms with van der Waals surface area (Å²) in [6.45, 7) is 0. The predicted molar refractivity (Wildman–Crippen MR) is 94.4 cm³/mol. The van der Waals surface area contributed by atoms with Crippen molar-refractivity contribution in [3.8, 4) is 17.2 Å². The van der Waals surface area contributed by atoms with Crippen LogP contribution in [0.25, 0.3) is 22.4 Å². The van der Waals surface area contributed by atoms with E-state index in [2.05, 4.69) is 4.98 Å². The molecule has 2 aromatic heterocycles. The number of fused-ring (bicyclic) bond motifs is 1. The highest BCUT2D eigenvalue weighted by molar-refractivity contribution is 7.10. The number of hydrogen-bond acceptors (Lipinski definition) is 5. The highest BCUT2D eigenvalue weighted by atomic mass is 32.1. The standard InChI is InChI=1S/C19H15NO3S/c1-22-14-7-4-6-13(9-14)18(21)19-20-15(11-24-19)17-10-12-5-2-3-8-16(12)23-17/h2-11,18,21H,1H3. The van der Waals surface area contributed by atoms with E-state index >= 15 is 0 Å². The van der Waals surface area contributed by atoms with Gasteiger partial charge in [0.1, 0.15) is 28.1 Å². The van der Waals surface area contributed by atoms with Gasteiger partial charge >= 0.3 is 0 Å². The summed E-state index contributed by atoms with van der Waals surface area (Å²) < 4.78 is 11.0. The number of methoxy groups -OCH3 is 1. The van der Waals surface area contributed by atoms with Gasteiger partial charge in [-0.1, -0.05) is 30.3 Å². The molecule has 4 nitrogen and oxygen atoms in total. The molecule has 0 radical (unpaired) electrons. The summed E-state index contributed by atoms with van der Waals surface area (Å²) in [6, 6.07) is 17.2. The quantitative estimate of drug-likeness (QED) is 0.589. The maximum absolute atomic E-state index is 10.6. The Hall–Kier alpha value is -2.63. The number of rotatable bonds is 4. The molecule has 2 aromatic carbocycles. The molecule has 2 heterocycles. The van der Waals surface area contributed by atoms with Crippen LogP contribution in [-0.2, 0) is 0 Å². The Morgan fingerprint density at radius 3 is 2.83 bits per heavy atom. The number of aliphatic hydroxyl groups excluding tert-OH is 1. The van der Waals surface area contributed by atoms with Crippen LogP contribution < -0.4 is 4.74 Å². The summed E-state index contributed by atoms with van der Waals surface area (Å²) in [5, 5.41) is 14.1. The van der Waals surface area contributed by atoms with Crippen LogP contribution >= 0.6 is 11.3 Å². The number of aromatic nitrogens is 1. The van der Waals surface area contributed by atoms with Gasteiger partial charge in [-0.3, -0.25) is 0 Å². The summed E-state index contributed by atoms with van der Waals surface area (Å²) in [5.41, 5.74) is 2.31. The summed E-state index contributed by atoms with van der Waals surface area (Å²) in [4.78, 5) is 4.54. The lowest BCUT2D eigenvalue weighted by atomic mass is 10.1. The molecular weight excluding hydrogens is 322 g/mol. The van der Waals surface area contributed by atoms with Gasteiger partial charge in [0.25, 0.3) is 0 Å². The van der Waals surface area contributed by atoms with Gasteiger partial charge in [0.15, 0.2) is 5.76 Å². The van der Waals surface area contributed by atoms with Crippen molar-refractivity contribution < 1.29 is 14.3 Å². The van der Waals surface area contributed by atoms with Crippen LogP contribution in [0.5, 0.6) is 5.75 Å². The van der Waals surface area contributed by atoms with Crippen LogP contribution in [0, 0.1) is 0 Å². The lowest BCUT2D eigenvalue weighted by Crippen LogP contribution is -1.99. The number of hydrogen-bond donors (Lipinski definition) is 1. The summed E-state index contributed by atoms with van der Waals surface area (Å²) in [7, 11) is 1.61. The second-order valence-electron chi connectivity index (χ2n) is 5.40. The zero-order valence-corrected chi connectivity index (χ0v) is 13.8. The lowest BCUT2D eigenvalue weighted by Gasteiger charge is -2.09. The van der Waals surface area contributed by atoms with Crippen molar-refractivity contribution in [3.63, 3.8) is 0 Å². The van der Waals surface area contributed by atoms with Crippen LogP contribution in [0.15, 0.2) is 64.4 Å². The molecule has 4 aromatic rings. The first-order valence-electron chi connectivity index (χ1n) is 7.51. The van der Waals surface area contributed by atoms with Crippen molar-refractivity contribution in [2.45, 2.75) is 6.10 Å². The predicted octanol–water partition coefficient (Wildman–Crippen LogP) is 4.65. The highest BCUT2D eigenvalue weighted by Gasteiger charge is 2.17. The Labute approximate surface area is 143 Å². The summed E-state index contributed by atoms with van der Waals surface area (Å²) >= 11 is 1.41. The number of para-hydroxylation sites is 1. The SMILES string of the molecule is COc1cccc(C(O)c2nc(-c3cc4ccccc4o3)cs2)c1. The molecule has 0 aliphatic rings. The van der Waals surface area contributed by atoms with Crippen molar-refractivity contribution in [1.29, 1.82) is 0 Å². The summed E-state index contributed by atoms with van der Waals surface area (Å²) in [5.74, 6) is 1.41. The van der Waals surface area contributed by atoms with Crippen molar-refractivity contribution in [2.24, 2.45) is 0 Å². The van der Waals surface area contributed by atoms with E-state index in [9.17, 15) is 5.11 Å². The zero-order chi connectivity index (χ0) is 16.5. The average Bonchev–Trinajstić information content (AvgIpc) is 3.27. The Balaban J connectivity index is 1.66. The normalized spacial score (nSPS) is 12.4. The van der Waals surface area contributed by atoms with Crippen LogP contribution in [-0.4, -0.2) is 17.2 Å². The fraction of sp³-hybridized carbons (Fsp3) is 0.105. The van der Waals surface area contributed by atoms with E-state index < -0.39 is 6.10 Å². The molecular formula is C19H15NO3S. The molecule has 1 unspecified atom stereocenters. The molecule has 0 bridgehead atoms. The van der Waals surface area contributed by atoms with Gasteiger partial charge in [-0.05, 0) is 29.8 Å². The Morgan fingerprint density at radius 2 is 2.00 bits per heavy atom. The van der Waals surface area contributed by atoms with Crippen molar-refractivity contribution in [2.75, 3.05) is 7.11 Å². The van der Waals surface area contributed by atoms with E-state index in [0.717, 1.165) is 22.2 Å². The van der Waals surface area contributed by atoms with E-state index in [0.29, 0.717) is 16.5 Å². The third kappa shape index (κ3) is 2.68. The number of ether oxygens (including phenoxy) is 1. The van der Waals surface area contributed by atoms with Gasteiger partial charge in [-0.25, -0.2) is 4.98 Å². The maximum Gasteiger partial charge on any atom is 0.154 e. The number of benzene rings is 2. The molecule has 0 aliphatic carbocycles. The fourth-order valence-corrected chi connectivity index (χ4v) is 3.41. The maximum atomic E-state index is 10.6. The van der Waals surface area contributed by atoms with Crippen molar-refractivity contribution >= 4 is 22.3 Å². The molecule has 0 fully saturated rings. The topological polar surface area (TPSA) is 55.5 Å². The summed E-state index contributed by atoms with van der Waals surface area (Å²) in [6.07, 6.45) is -0.789. The van der Waals surface area contributed by atoms with Gasteiger partial charge in [0.2, 0.25) is 0 Å². The third-order valence-electron chi connectivity index (χ3n) is 3.84. The van der Waals surface area contributed by atoms with Gasteiger partial charge in [0, 0.05) is 10.8 Å². The second kappa shape index (κ2) is 6.11. The zero-order valence-electron chi connectivity index (χ0n) is 13.0. The van der Waals surface area contributed by atoms with Crippen LogP contribution in [0.2, 0.25) is 0 Å². The molecule has 24 heavy (non-hydrogen) atoms. The van der Waals surface area contributed by atoms with E-state index in [1.165, 1.54) is 11.3 Å². The van der Waals surface area contributed by atoms with Crippen LogP contribution in [0.3, 0.4) is 0 Å². The minimum Gasteiger partial charge on any atom is -0.497 e. The Morgan fingerprint density at radius 1 is 1.12 bits per heavy atom. The molecule has 0 amide bonds. The van der Waals surface area contributed by atoms with E-state index in [1.54, 1.807) is 7.11 Å². The molecule has 0 saturated carbocycles. The van der Waals surface area contributed by atoms with Gasteiger partial charge in [0.05, 0.1) is 7.11 Å². The molecule has 0 spiro atoms. The average molecular weight is 337 g/mol. The Kier molecular flexibility index (Phi) is 3.80. The van der Waals surface area contributed by atoms with Crippen molar-refractivity contribution in [3.05, 3.63) is 70.5 Å². The first-order chi connectivity index (χ1) is 11.7. The van der Waals surface area contributed by atoms with Gasteiger partial charge < -0.3 is 14.3 Å². The number of nitrogens with zero attached hydrogens (tertiary/aromatic N) is 1. The first-order valence-corrected chi connectivity index (χ1v) is 8.39. The third-order valence-corrected chi connectivity index (χ3v) is 4.74. The molecule has 120 valence electrons. The van der Waals surface area contributed by atoms with Crippen LogP contribution in [0.4, 0.5) is 0 Å². The van der Waals surface area contributed by atoms with Crippen LogP contribution in [0.1, 0.15) is 16.7 Å². The van der Waals surface area contributed by atoms with E-state index in [1.807, 2.05) is 60.0 Å². The number of aliphatic hydroxyl groups is 1. The van der Waals surface area contributed by atoms with Crippen molar-refractivity contribution in [1.82, 2.24) is 4.98 Å². The van der Waals surface area contributed by atoms with Gasteiger partial charge in [-0.2, -0.15) is 0 Å². The molecule has 1 atom stereocenters. The molecule has 1 N–H and O–H groups in total. The second-order valence-corrected chi connectivity index (χ2v) is 6.29. The highest BCUT2D eigenvalue weighted by Crippen LogP contribution is 2.32. The molecule has 0 aliphatic heterocycles. The van der Waals surface area contributed by atoms with Gasteiger partial charge in [-0.15, -0.1) is 11.3 Å². The first kappa shape index (κ1) is 14.9.